The standard InChI is InChI=1S/C6H8FNOS2/c7-3-5(9)4-11-6-8-1-2-10-6/h1-2,5,9H,3-4H2. The van der Waals surface area contributed by atoms with Crippen LogP contribution in [0, 0.1) is 0 Å². The highest BCUT2D eigenvalue weighted by molar-refractivity contribution is 8.01. The molecular weight excluding hydrogens is 185 g/mol. The lowest BCUT2D eigenvalue weighted by atomic mass is 10.5. The van der Waals surface area contributed by atoms with Gasteiger partial charge in [-0.05, 0) is 0 Å². The summed E-state index contributed by atoms with van der Waals surface area (Å²) in [5.41, 5.74) is 0. The van der Waals surface area contributed by atoms with Crippen LogP contribution < -0.4 is 0 Å². The minimum atomic E-state index is -0.858. The van der Waals surface area contributed by atoms with Crippen molar-refractivity contribution in [2.45, 2.75) is 10.4 Å². The summed E-state index contributed by atoms with van der Waals surface area (Å²) in [7, 11) is 0. The second-order valence-electron chi connectivity index (χ2n) is 1.92. The molecule has 1 N–H and O–H groups in total. The molecular formula is C6H8FNOS2. The van der Waals surface area contributed by atoms with Crippen molar-refractivity contribution in [3.8, 4) is 0 Å². The first-order valence-corrected chi connectivity index (χ1v) is 4.95. The summed E-state index contributed by atoms with van der Waals surface area (Å²) in [6.07, 6.45) is 0.832. The van der Waals surface area contributed by atoms with Gasteiger partial charge in [0, 0.05) is 17.3 Å². The molecule has 0 bridgehead atoms. The fraction of sp³-hybridized carbons (Fsp3) is 0.500. The van der Waals surface area contributed by atoms with Crippen molar-refractivity contribution in [2.75, 3.05) is 12.4 Å². The molecule has 0 spiro atoms. The molecule has 0 aliphatic rings. The molecule has 0 radical (unpaired) electrons. The van der Waals surface area contributed by atoms with E-state index in [2.05, 4.69) is 4.98 Å². The fourth-order valence-electron chi connectivity index (χ4n) is 0.494. The van der Waals surface area contributed by atoms with Crippen LogP contribution in [0.1, 0.15) is 0 Å². The molecule has 0 saturated heterocycles. The predicted molar refractivity (Wildman–Crippen MR) is 44.8 cm³/mol. The number of aliphatic hydroxyl groups is 1. The Bertz CT molecular complexity index is 192. The Balaban J connectivity index is 2.23. The lowest BCUT2D eigenvalue weighted by Gasteiger charge is -2.01. The first kappa shape index (κ1) is 8.96. The number of rotatable bonds is 4. The molecule has 1 atom stereocenters. The van der Waals surface area contributed by atoms with Crippen molar-refractivity contribution in [3.63, 3.8) is 0 Å². The zero-order valence-electron chi connectivity index (χ0n) is 5.74. The van der Waals surface area contributed by atoms with Gasteiger partial charge in [0.05, 0.1) is 6.10 Å². The Morgan fingerprint density at radius 1 is 1.82 bits per heavy atom. The Morgan fingerprint density at radius 3 is 3.18 bits per heavy atom. The van der Waals surface area contributed by atoms with Crippen LogP contribution in [0.3, 0.4) is 0 Å². The molecule has 0 aliphatic carbocycles. The molecule has 62 valence electrons. The summed E-state index contributed by atoms with van der Waals surface area (Å²) in [5, 5.41) is 10.7. The second kappa shape index (κ2) is 4.69. The van der Waals surface area contributed by atoms with Gasteiger partial charge in [0.1, 0.15) is 11.0 Å². The molecule has 0 aliphatic heterocycles. The molecule has 0 aromatic carbocycles. The molecule has 0 amide bonds. The third kappa shape index (κ3) is 3.18. The van der Waals surface area contributed by atoms with Crippen molar-refractivity contribution in [2.24, 2.45) is 0 Å². The lowest BCUT2D eigenvalue weighted by molar-refractivity contribution is 0.162. The summed E-state index contributed by atoms with van der Waals surface area (Å²) in [6.45, 7) is -0.682. The largest absolute Gasteiger partial charge is 0.390 e. The maximum atomic E-state index is 11.7. The molecule has 1 heterocycles. The molecule has 11 heavy (non-hydrogen) atoms. The number of hydrogen-bond acceptors (Lipinski definition) is 4. The van der Waals surface area contributed by atoms with Gasteiger partial charge in [-0.15, -0.1) is 11.3 Å². The van der Waals surface area contributed by atoms with E-state index in [1.165, 1.54) is 23.1 Å². The van der Waals surface area contributed by atoms with Gasteiger partial charge >= 0.3 is 0 Å². The van der Waals surface area contributed by atoms with E-state index >= 15 is 0 Å². The van der Waals surface area contributed by atoms with Gasteiger partial charge in [-0.3, -0.25) is 0 Å². The van der Waals surface area contributed by atoms with E-state index in [1.54, 1.807) is 6.20 Å². The number of thioether (sulfide) groups is 1. The number of aliphatic hydroxyl groups excluding tert-OH is 1. The van der Waals surface area contributed by atoms with Gasteiger partial charge in [0.25, 0.3) is 0 Å². The molecule has 1 rings (SSSR count). The predicted octanol–water partition coefficient (Wildman–Crippen LogP) is 1.57. The average molecular weight is 193 g/mol. The quantitative estimate of drug-likeness (QED) is 0.737. The second-order valence-corrected chi connectivity index (χ2v) is 4.08. The topological polar surface area (TPSA) is 33.1 Å². The summed E-state index contributed by atoms with van der Waals surface area (Å²) in [6, 6.07) is 0. The highest BCUT2D eigenvalue weighted by atomic mass is 32.2. The Kier molecular flexibility index (Phi) is 3.82. The van der Waals surface area contributed by atoms with Gasteiger partial charge in [0.2, 0.25) is 0 Å². The highest BCUT2D eigenvalue weighted by Crippen LogP contribution is 2.20. The smallest absolute Gasteiger partial charge is 0.149 e. The van der Waals surface area contributed by atoms with E-state index in [4.69, 9.17) is 5.11 Å². The Morgan fingerprint density at radius 2 is 2.64 bits per heavy atom. The van der Waals surface area contributed by atoms with Crippen molar-refractivity contribution in [1.29, 1.82) is 0 Å². The van der Waals surface area contributed by atoms with Crippen LogP contribution >= 0.6 is 23.1 Å². The van der Waals surface area contributed by atoms with E-state index in [-0.39, 0.29) is 0 Å². The van der Waals surface area contributed by atoms with E-state index in [0.29, 0.717) is 5.75 Å². The van der Waals surface area contributed by atoms with E-state index in [1.807, 2.05) is 5.38 Å². The van der Waals surface area contributed by atoms with Crippen LogP contribution in [-0.4, -0.2) is 28.6 Å². The fourth-order valence-corrected chi connectivity index (χ4v) is 2.06. The minimum Gasteiger partial charge on any atom is -0.390 e. The number of alkyl halides is 1. The molecule has 2 nitrogen and oxygen atoms in total. The lowest BCUT2D eigenvalue weighted by Crippen LogP contribution is -2.11. The third-order valence-electron chi connectivity index (χ3n) is 0.987. The molecule has 5 heteroatoms. The molecule has 1 aromatic heterocycles. The molecule has 0 fully saturated rings. The van der Waals surface area contributed by atoms with Crippen LogP contribution in [0.5, 0.6) is 0 Å². The molecule has 1 aromatic rings. The van der Waals surface area contributed by atoms with Crippen LogP contribution in [-0.2, 0) is 0 Å². The van der Waals surface area contributed by atoms with E-state index in [9.17, 15) is 4.39 Å². The van der Waals surface area contributed by atoms with Gasteiger partial charge in [-0.2, -0.15) is 0 Å². The van der Waals surface area contributed by atoms with Crippen molar-refractivity contribution in [1.82, 2.24) is 4.98 Å². The number of halogens is 1. The first-order valence-electron chi connectivity index (χ1n) is 3.09. The van der Waals surface area contributed by atoms with Gasteiger partial charge in [-0.1, -0.05) is 11.8 Å². The number of nitrogens with zero attached hydrogens (tertiary/aromatic N) is 1. The van der Waals surface area contributed by atoms with E-state index < -0.39 is 12.8 Å². The van der Waals surface area contributed by atoms with Gasteiger partial charge < -0.3 is 5.11 Å². The van der Waals surface area contributed by atoms with Crippen LogP contribution in [0.25, 0.3) is 0 Å². The zero-order valence-corrected chi connectivity index (χ0v) is 7.37. The number of aromatic nitrogens is 1. The average Bonchev–Trinajstić information content (AvgIpc) is 2.52. The summed E-state index contributed by atoms with van der Waals surface area (Å²) >= 11 is 2.87. The van der Waals surface area contributed by atoms with E-state index in [0.717, 1.165) is 4.34 Å². The Labute approximate surface area is 72.5 Å². The Hall–Kier alpha value is -0.130. The van der Waals surface area contributed by atoms with Crippen LogP contribution in [0.4, 0.5) is 4.39 Å². The number of hydrogen-bond donors (Lipinski definition) is 1. The maximum Gasteiger partial charge on any atom is 0.149 e. The van der Waals surface area contributed by atoms with Crippen LogP contribution in [0.2, 0.25) is 0 Å². The summed E-state index contributed by atoms with van der Waals surface area (Å²) in [4.78, 5) is 3.97. The highest BCUT2D eigenvalue weighted by Gasteiger charge is 2.04. The first-order chi connectivity index (χ1) is 5.33. The zero-order chi connectivity index (χ0) is 8.10. The molecule has 0 saturated carbocycles. The van der Waals surface area contributed by atoms with Gasteiger partial charge in [0.15, 0.2) is 0 Å². The van der Waals surface area contributed by atoms with Crippen molar-refractivity contribution in [3.05, 3.63) is 11.6 Å². The normalized spacial score (nSPS) is 13.3. The van der Waals surface area contributed by atoms with Crippen molar-refractivity contribution >= 4 is 23.1 Å². The van der Waals surface area contributed by atoms with Gasteiger partial charge in [-0.25, -0.2) is 9.37 Å². The summed E-state index contributed by atoms with van der Waals surface area (Å²) in [5.74, 6) is 0.379. The number of thiazole rings is 1. The molecule has 1 unspecified atom stereocenters. The minimum absolute atomic E-state index is 0.379. The van der Waals surface area contributed by atoms with Crippen molar-refractivity contribution < 1.29 is 9.50 Å². The SMILES string of the molecule is OC(CF)CSc1nccs1. The third-order valence-corrected chi connectivity index (χ3v) is 3.10. The monoisotopic (exact) mass is 193 g/mol. The van der Waals surface area contributed by atoms with Crippen LogP contribution in [0.15, 0.2) is 15.9 Å². The summed E-state index contributed by atoms with van der Waals surface area (Å²) < 4.78 is 12.6. The maximum absolute atomic E-state index is 11.7.